The van der Waals surface area contributed by atoms with E-state index >= 15 is 0 Å². The van der Waals surface area contributed by atoms with E-state index in [0.29, 0.717) is 0 Å². The minimum absolute atomic E-state index is 1.03. The summed E-state index contributed by atoms with van der Waals surface area (Å²) >= 11 is 0. The zero-order valence-corrected chi connectivity index (χ0v) is 9.04. The molecule has 0 aliphatic rings. The minimum Gasteiger partial charge on any atom is -0.196 e. The van der Waals surface area contributed by atoms with Crippen LogP contribution in [0.15, 0.2) is 30.3 Å². The number of nitrogens with zero attached hydrogens (tertiary/aromatic N) is 1. The highest BCUT2D eigenvalue weighted by Gasteiger charge is 2.11. The van der Waals surface area contributed by atoms with Gasteiger partial charge in [-0.2, -0.15) is 4.57 Å². The molecule has 1 heteroatoms. The van der Waals surface area contributed by atoms with Gasteiger partial charge in [-0.1, -0.05) is 12.1 Å². The highest BCUT2D eigenvalue weighted by atomic mass is 15.0. The minimum atomic E-state index is 1.03. The number of benzene rings is 1. The van der Waals surface area contributed by atoms with Crippen molar-refractivity contribution in [2.75, 3.05) is 0 Å². The van der Waals surface area contributed by atoms with Crippen LogP contribution in [0.2, 0.25) is 0 Å². The number of para-hydroxylation sites is 1. The van der Waals surface area contributed by atoms with Crippen LogP contribution in [-0.4, -0.2) is 0 Å². The second kappa shape index (κ2) is 3.41. The molecule has 72 valence electrons. The summed E-state index contributed by atoms with van der Waals surface area (Å²) in [6, 6.07) is 10.8. The van der Waals surface area contributed by atoms with Gasteiger partial charge in [0.2, 0.25) is 5.52 Å². The lowest BCUT2D eigenvalue weighted by atomic mass is 10.1. The van der Waals surface area contributed by atoms with Crippen molar-refractivity contribution in [3.05, 3.63) is 41.6 Å². The van der Waals surface area contributed by atoms with Crippen LogP contribution in [0, 0.1) is 13.8 Å². The van der Waals surface area contributed by atoms with Crippen molar-refractivity contribution in [2.45, 2.75) is 27.3 Å². The molecule has 0 unspecified atom stereocenters. The molecule has 0 amide bonds. The van der Waals surface area contributed by atoms with Gasteiger partial charge in [-0.25, -0.2) is 0 Å². The third-order valence-electron chi connectivity index (χ3n) is 2.79. The number of aromatic nitrogens is 1. The van der Waals surface area contributed by atoms with Crippen molar-refractivity contribution in [2.24, 2.45) is 0 Å². The fourth-order valence-corrected chi connectivity index (χ4v) is 2.12. The van der Waals surface area contributed by atoms with Crippen LogP contribution in [0.3, 0.4) is 0 Å². The maximum absolute atomic E-state index is 2.35. The first-order valence-corrected chi connectivity index (χ1v) is 5.13. The number of pyridine rings is 1. The molecule has 0 aliphatic carbocycles. The molecule has 2 aromatic rings. The van der Waals surface area contributed by atoms with E-state index in [9.17, 15) is 0 Å². The molecule has 0 bridgehead atoms. The van der Waals surface area contributed by atoms with Crippen LogP contribution in [0.1, 0.15) is 18.2 Å². The Morgan fingerprint density at radius 2 is 1.86 bits per heavy atom. The molecule has 1 heterocycles. The fraction of sp³-hybridized carbons (Fsp3) is 0.308. The maximum Gasteiger partial charge on any atom is 0.212 e. The van der Waals surface area contributed by atoms with Gasteiger partial charge in [0.15, 0.2) is 5.69 Å². The fourth-order valence-electron chi connectivity index (χ4n) is 2.12. The molecule has 1 aromatic heterocycles. The van der Waals surface area contributed by atoms with E-state index in [1.54, 1.807) is 0 Å². The van der Waals surface area contributed by atoms with Crippen LogP contribution in [0.5, 0.6) is 0 Å². The van der Waals surface area contributed by atoms with Crippen molar-refractivity contribution < 1.29 is 4.57 Å². The summed E-state index contributed by atoms with van der Waals surface area (Å²) in [6.45, 7) is 7.57. The Morgan fingerprint density at radius 3 is 2.57 bits per heavy atom. The smallest absolute Gasteiger partial charge is 0.196 e. The topological polar surface area (TPSA) is 3.88 Å². The van der Waals surface area contributed by atoms with Crippen molar-refractivity contribution in [1.29, 1.82) is 0 Å². The summed E-state index contributed by atoms with van der Waals surface area (Å²) in [4.78, 5) is 0. The number of hydrogen-bond acceptors (Lipinski definition) is 0. The van der Waals surface area contributed by atoms with Gasteiger partial charge in [0, 0.05) is 24.4 Å². The quantitative estimate of drug-likeness (QED) is 0.603. The van der Waals surface area contributed by atoms with Gasteiger partial charge in [0.05, 0.1) is 0 Å². The van der Waals surface area contributed by atoms with Crippen molar-refractivity contribution >= 4 is 10.9 Å². The largest absolute Gasteiger partial charge is 0.212 e. The molecule has 0 aliphatic heterocycles. The summed E-state index contributed by atoms with van der Waals surface area (Å²) in [5, 5.41) is 1.36. The summed E-state index contributed by atoms with van der Waals surface area (Å²) in [7, 11) is 0. The van der Waals surface area contributed by atoms with E-state index < -0.39 is 0 Å². The molecule has 0 atom stereocenters. The second-order valence-electron chi connectivity index (χ2n) is 3.73. The Morgan fingerprint density at radius 1 is 1.14 bits per heavy atom. The van der Waals surface area contributed by atoms with Crippen molar-refractivity contribution in [3.8, 4) is 0 Å². The summed E-state index contributed by atoms with van der Waals surface area (Å²) < 4.78 is 2.35. The molecule has 1 aromatic carbocycles. The Kier molecular flexibility index (Phi) is 2.24. The van der Waals surface area contributed by atoms with Crippen LogP contribution < -0.4 is 4.57 Å². The van der Waals surface area contributed by atoms with Crippen LogP contribution in [0.25, 0.3) is 10.9 Å². The van der Waals surface area contributed by atoms with E-state index in [1.807, 2.05) is 0 Å². The van der Waals surface area contributed by atoms with Gasteiger partial charge in [-0.15, -0.1) is 0 Å². The molecule has 0 radical (unpaired) electrons. The third-order valence-corrected chi connectivity index (χ3v) is 2.79. The molecule has 2 rings (SSSR count). The van der Waals surface area contributed by atoms with Gasteiger partial charge in [-0.05, 0) is 25.5 Å². The van der Waals surface area contributed by atoms with Crippen molar-refractivity contribution in [3.63, 3.8) is 0 Å². The molecule has 0 saturated heterocycles. The Bertz CT molecular complexity index is 472. The number of aryl methyl sites for hydroxylation is 3. The maximum atomic E-state index is 2.35. The SMILES string of the molecule is CC[n+]1c(C)cc(C)c2ccccc21. The van der Waals surface area contributed by atoms with Gasteiger partial charge >= 0.3 is 0 Å². The highest BCUT2D eigenvalue weighted by Crippen LogP contribution is 2.15. The lowest BCUT2D eigenvalue weighted by Gasteiger charge is -2.04. The predicted octanol–water partition coefficient (Wildman–Crippen LogP) is 2.76. The number of rotatable bonds is 1. The van der Waals surface area contributed by atoms with Crippen LogP contribution >= 0.6 is 0 Å². The van der Waals surface area contributed by atoms with E-state index in [0.717, 1.165) is 6.54 Å². The molecule has 0 fully saturated rings. The van der Waals surface area contributed by atoms with E-state index in [-0.39, 0.29) is 0 Å². The first kappa shape index (κ1) is 9.20. The normalized spacial score (nSPS) is 10.8. The average molecular weight is 186 g/mol. The monoisotopic (exact) mass is 186 g/mol. The predicted molar refractivity (Wildman–Crippen MR) is 59.3 cm³/mol. The Labute approximate surface area is 85.0 Å². The summed E-state index contributed by atoms with van der Waals surface area (Å²) in [5.41, 5.74) is 4.04. The van der Waals surface area contributed by atoms with E-state index in [1.165, 1.54) is 22.2 Å². The summed E-state index contributed by atoms with van der Waals surface area (Å²) in [5.74, 6) is 0. The van der Waals surface area contributed by atoms with Crippen LogP contribution in [0.4, 0.5) is 0 Å². The molecular formula is C13H16N+. The number of hydrogen-bond donors (Lipinski definition) is 0. The lowest BCUT2D eigenvalue weighted by molar-refractivity contribution is -0.673. The highest BCUT2D eigenvalue weighted by molar-refractivity contribution is 5.79. The van der Waals surface area contributed by atoms with Crippen LogP contribution in [-0.2, 0) is 6.54 Å². The van der Waals surface area contributed by atoms with E-state index in [4.69, 9.17) is 0 Å². The molecule has 0 saturated carbocycles. The molecular weight excluding hydrogens is 170 g/mol. The lowest BCUT2D eigenvalue weighted by Crippen LogP contribution is -2.36. The zero-order valence-electron chi connectivity index (χ0n) is 9.04. The van der Waals surface area contributed by atoms with Gasteiger partial charge in [0.25, 0.3) is 0 Å². The summed E-state index contributed by atoms with van der Waals surface area (Å²) in [6.07, 6.45) is 0. The first-order valence-electron chi connectivity index (χ1n) is 5.13. The van der Waals surface area contributed by atoms with Crippen molar-refractivity contribution in [1.82, 2.24) is 0 Å². The molecule has 0 N–H and O–H groups in total. The second-order valence-corrected chi connectivity index (χ2v) is 3.73. The zero-order chi connectivity index (χ0) is 10.1. The first-order chi connectivity index (χ1) is 6.74. The van der Waals surface area contributed by atoms with Gasteiger partial charge in [-0.3, -0.25) is 0 Å². The Balaban J connectivity index is 2.90. The van der Waals surface area contributed by atoms with Gasteiger partial charge < -0.3 is 0 Å². The standard InChI is InChI=1S/C13H16N/c1-4-14-11(3)9-10(2)12-7-5-6-8-13(12)14/h5-9H,4H2,1-3H3/q+1. The molecule has 14 heavy (non-hydrogen) atoms. The molecule has 1 nitrogen and oxygen atoms in total. The number of fused-ring (bicyclic) bond motifs is 1. The third kappa shape index (κ3) is 1.29. The van der Waals surface area contributed by atoms with Gasteiger partial charge in [0.1, 0.15) is 6.54 Å². The molecule has 0 spiro atoms. The Hall–Kier alpha value is -1.37. The van der Waals surface area contributed by atoms with E-state index in [2.05, 4.69) is 55.7 Å². The average Bonchev–Trinajstić information content (AvgIpc) is 2.18.